The smallest absolute Gasteiger partial charge is 0.243 e. The van der Waals surface area contributed by atoms with E-state index in [2.05, 4.69) is 10.2 Å². The Morgan fingerprint density at radius 3 is 2.36 bits per heavy atom. The highest BCUT2D eigenvalue weighted by molar-refractivity contribution is 7.99. The summed E-state index contributed by atoms with van der Waals surface area (Å²) in [7, 11) is -3.60. The number of benzene rings is 3. The van der Waals surface area contributed by atoms with E-state index in [9.17, 15) is 17.6 Å². The molecule has 1 aliphatic heterocycles. The largest absolute Gasteiger partial charge is 0.293 e. The molecular formula is C26H23FN4O3S2. The molecular weight excluding hydrogens is 499 g/mol. The second kappa shape index (κ2) is 10.3. The minimum absolute atomic E-state index is 0.0833. The Bertz CT molecular complexity index is 1480. The Hall–Kier alpha value is -3.34. The molecule has 1 aromatic heterocycles. The number of hydrogen-bond donors (Lipinski definition) is 0. The van der Waals surface area contributed by atoms with Crippen LogP contribution in [0.4, 0.5) is 4.39 Å². The number of para-hydroxylation sites is 1. The number of carbonyl (C=O) groups excluding carboxylic acids is 1. The van der Waals surface area contributed by atoms with Crippen LogP contribution in [0.1, 0.15) is 23.2 Å². The zero-order valence-corrected chi connectivity index (χ0v) is 20.9. The van der Waals surface area contributed by atoms with Crippen molar-refractivity contribution in [2.45, 2.75) is 22.9 Å². The molecule has 0 unspecified atom stereocenters. The Morgan fingerprint density at radius 1 is 0.917 bits per heavy atom. The van der Waals surface area contributed by atoms with Gasteiger partial charge in [0, 0.05) is 29.9 Å². The number of halogens is 1. The number of ketones is 1. The molecule has 0 saturated carbocycles. The number of thioether (sulfide) groups is 1. The number of Topliss-reactive ketones (excluding diaryl/α,β-unsaturated/α-hetero) is 1. The number of aromatic nitrogens is 3. The van der Waals surface area contributed by atoms with E-state index in [1.807, 2.05) is 34.9 Å². The summed E-state index contributed by atoms with van der Waals surface area (Å²) in [6.07, 6.45) is 1.72. The van der Waals surface area contributed by atoms with Crippen molar-refractivity contribution >= 4 is 27.6 Å². The van der Waals surface area contributed by atoms with Crippen LogP contribution in [0.2, 0.25) is 0 Å². The zero-order valence-electron chi connectivity index (χ0n) is 19.2. The first-order chi connectivity index (χ1) is 17.4. The lowest BCUT2D eigenvalue weighted by molar-refractivity contribution is 0.102. The third-order valence-corrected chi connectivity index (χ3v) is 8.76. The second-order valence-corrected chi connectivity index (χ2v) is 11.2. The first-order valence-corrected chi connectivity index (χ1v) is 13.9. The maximum Gasteiger partial charge on any atom is 0.243 e. The van der Waals surface area contributed by atoms with E-state index in [0.717, 1.165) is 18.5 Å². The van der Waals surface area contributed by atoms with Gasteiger partial charge in [-0.2, -0.15) is 4.31 Å². The molecule has 3 aromatic carbocycles. The van der Waals surface area contributed by atoms with Crippen LogP contribution < -0.4 is 0 Å². The summed E-state index contributed by atoms with van der Waals surface area (Å²) in [4.78, 5) is 12.9. The highest BCUT2D eigenvalue weighted by Crippen LogP contribution is 2.30. The van der Waals surface area contributed by atoms with E-state index in [1.54, 1.807) is 24.3 Å². The van der Waals surface area contributed by atoms with E-state index in [-0.39, 0.29) is 16.4 Å². The lowest BCUT2D eigenvalue weighted by Gasteiger charge is -2.16. The molecule has 1 aliphatic rings. The first kappa shape index (κ1) is 24.4. The van der Waals surface area contributed by atoms with Crippen molar-refractivity contribution in [2.24, 2.45) is 0 Å². The third-order valence-electron chi connectivity index (χ3n) is 5.94. The normalized spacial score (nSPS) is 14.2. The Labute approximate surface area is 213 Å². The van der Waals surface area contributed by atoms with Gasteiger partial charge in [-0.15, -0.1) is 10.2 Å². The molecule has 1 saturated heterocycles. The summed E-state index contributed by atoms with van der Waals surface area (Å²) in [5.74, 6) is -0.0131. The average Bonchev–Trinajstić information content (AvgIpc) is 3.59. The summed E-state index contributed by atoms with van der Waals surface area (Å²) >= 11 is 1.21. The molecule has 184 valence electrons. The molecule has 0 atom stereocenters. The number of carbonyl (C=O) groups is 1. The van der Waals surface area contributed by atoms with E-state index in [0.29, 0.717) is 35.2 Å². The van der Waals surface area contributed by atoms with Gasteiger partial charge in [0.15, 0.2) is 16.8 Å². The summed E-state index contributed by atoms with van der Waals surface area (Å²) in [5.41, 5.74) is 1.79. The van der Waals surface area contributed by atoms with E-state index in [4.69, 9.17) is 0 Å². The fourth-order valence-corrected chi connectivity index (χ4v) is 6.49. The van der Waals surface area contributed by atoms with Crippen LogP contribution in [0.25, 0.3) is 17.1 Å². The van der Waals surface area contributed by atoms with Crippen molar-refractivity contribution in [3.05, 3.63) is 90.2 Å². The van der Waals surface area contributed by atoms with Crippen LogP contribution in [0.5, 0.6) is 0 Å². The Kier molecular flexibility index (Phi) is 6.99. The molecule has 0 spiro atoms. The molecule has 0 radical (unpaired) electrons. The summed E-state index contributed by atoms with van der Waals surface area (Å²) in [6.45, 7) is 1.05. The van der Waals surface area contributed by atoms with Gasteiger partial charge in [-0.3, -0.25) is 9.36 Å². The van der Waals surface area contributed by atoms with Gasteiger partial charge in [0.05, 0.1) is 10.6 Å². The van der Waals surface area contributed by atoms with Crippen molar-refractivity contribution in [1.82, 2.24) is 19.1 Å². The summed E-state index contributed by atoms with van der Waals surface area (Å²) < 4.78 is 42.8. The van der Waals surface area contributed by atoms with Gasteiger partial charge in [-0.05, 0) is 61.4 Å². The average molecular weight is 523 g/mol. The third kappa shape index (κ3) is 4.97. The highest BCUT2D eigenvalue weighted by atomic mass is 32.2. The van der Waals surface area contributed by atoms with Crippen molar-refractivity contribution in [3.8, 4) is 17.1 Å². The van der Waals surface area contributed by atoms with Gasteiger partial charge >= 0.3 is 0 Å². The Balaban J connectivity index is 1.49. The molecule has 0 N–H and O–H groups in total. The van der Waals surface area contributed by atoms with Gasteiger partial charge in [0.2, 0.25) is 10.0 Å². The van der Waals surface area contributed by atoms with Gasteiger partial charge in [-0.1, -0.05) is 42.1 Å². The molecule has 7 nitrogen and oxygen atoms in total. The zero-order chi connectivity index (χ0) is 25.1. The molecule has 2 heterocycles. The molecule has 1 fully saturated rings. The van der Waals surface area contributed by atoms with Crippen LogP contribution in [0, 0.1) is 5.82 Å². The van der Waals surface area contributed by atoms with Crippen molar-refractivity contribution in [2.75, 3.05) is 18.8 Å². The molecule has 0 amide bonds. The van der Waals surface area contributed by atoms with Crippen molar-refractivity contribution < 1.29 is 17.6 Å². The molecule has 0 bridgehead atoms. The number of rotatable bonds is 8. The van der Waals surface area contributed by atoms with Crippen LogP contribution in [0.3, 0.4) is 0 Å². The fraction of sp³-hybridized carbons (Fsp3) is 0.192. The molecule has 0 aliphatic carbocycles. The quantitative estimate of drug-likeness (QED) is 0.243. The minimum Gasteiger partial charge on any atom is -0.293 e. The maximum atomic E-state index is 13.2. The van der Waals surface area contributed by atoms with Gasteiger partial charge < -0.3 is 0 Å². The van der Waals surface area contributed by atoms with Crippen LogP contribution in [-0.4, -0.2) is 52.1 Å². The number of nitrogens with zero attached hydrogens (tertiary/aromatic N) is 4. The van der Waals surface area contributed by atoms with Crippen LogP contribution in [0.15, 0.2) is 88.9 Å². The van der Waals surface area contributed by atoms with Crippen molar-refractivity contribution in [3.63, 3.8) is 0 Å². The predicted octanol–water partition coefficient (Wildman–Crippen LogP) is 4.83. The summed E-state index contributed by atoms with van der Waals surface area (Å²) in [6, 6.07) is 21.6. The van der Waals surface area contributed by atoms with Crippen molar-refractivity contribution in [1.29, 1.82) is 0 Å². The monoisotopic (exact) mass is 522 g/mol. The van der Waals surface area contributed by atoms with Gasteiger partial charge in [0.25, 0.3) is 0 Å². The SMILES string of the molecule is O=C(CSc1nnc(-c2cccc(S(=O)(=O)N3CCCC3)c2)n1-c1ccccc1)c1ccc(F)cc1. The van der Waals surface area contributed by atoms with E-state index >= 15 is 0 Å². The number of sulfonamides is 1. The van der Waals surface area contributed by atoms with E-state index < -0.39 is 15.8 Å². The molecule has 5 rings (SSSR count). The summed E-state index contributed by atoms with van der Waals surface area (Å²) in [5, 5.41) is 9.18. The standard InChI is InChI=1S/C26H23FN4O3S2/c27-21-13-11-19(12-14-21)24(32)18-35-26-29-28-25(31(26)22-8-2-1-3-9-22)20-7-6-10-23(17-20)36(33,34)30-15-4-5-16-30/h1-3,6-14,17H,4-5,15-16,18H2. The van der Waals surface area contributed by atoms with Crippen LogP contribution >= 0.6 is 11.8 Å². The van der Waals surface area contributed by atoms with Gasteiger partial charge in [0.1, 0.15) is 5.82 Å². The molecule has 10 heteroatoms. The van der Waals surface area contributed by atoms with E-state index in [1.165, 1.54) is 40.3 Å². The topological polar surface area (TPSA) is 85.2 Å². The second-order valence-electron chi connectivity index (χ2n) is 8.33. The number of hydrogen-bond acceptors (Lipinski definition) is 6. The molecule has 36 heavy (non-hydrogen) atoms. The molecule has 4 aromatic rings. The lowest BCUT2D eigenvalue weighted by Crippen LogP contribution is -2.27. The fourth-order valence-electron chi connectivity index (χ4n) is 4.08. The van der Waals surface area contributed by atoms with Crippen LogP contribution in [-0.2, 0) is 10.0 Å². The maximum absolute atomic E-state index is 13.2. The van der Waals surface area contributed by atoms with Gasteiger partial charge in [-0.25, -0.2) is 12.8 Å². The minimum atomic E-state index is -3.60. The first-order valence-electron chi connectivity index (χ1n) is 11.5. The Morgan fingerprint density at radius 2 is 1.64 bits per heavy atom. The lowest BCUT2D eigenvalue weighted by atomic mass is 10.1. The highest BCUT2D eigenvalue weighted by Gasteiger charge is 2.28. The predicted molar refractivity (Wildman–Crippen MR) is 136 cm³/mol.